The van der Waals surface area contributed by atoms with Gasteiger partial charge >= 0.3 is 0 Å². The van der Waals surface area contributed by atoms with Gasteiger partial charge in [0.15, 0.2) is 0 Å². The van der Waals surface area contributed by atoms with E-state index in [1.807, 2.05) is 12.4 Å². The van der Waals surface area contributed by atoms with Crippen LogP contribution >= 0.6 is 11.8 Å². The fourth-order valence-corrected chi connectivity index (χ4v) is 4.33. The number of nitrogens with zero attached hydrogens (tertiary/aromatic N) is 2. The van der Waals surface area contributed by atoms with Crippen LogP contribution in [0.4, 0.5) is 11.4 Å². The lowest BCUT2D eigenvalue weighted by atomic mass is 10.1. The van der Waals surface area contributed by atoms with Crippen molar-refractivity contribution in [2.24, 2.45) is 11.7 Å². The molecular weight excluding hydrogens is 334 g/mol. The number of carbonyl (C=O) groups excluding carboxylic acids is 1. The second-order valence-electron chi connectivity index (χ2n) is 6.94. The first-order valence-corrected chi connectivity index (χ1v) is 10.1. The molecule has 1 saturated heterocycles. The number of amides is 1. The van der Waals surface area contributed by atoms with Crippen molar-refractivity contribution >= 4 is 40.1 Å². The van der Waals surface area contributed by atoms with Crippen LogP contribution in [0, 0.1) is 5.92 Å². The Labute approximate surface area is 151 Å². The molecule has 134 valence electrons. The van der Waals surface area contributed by atoms with Crippen LogP contribution in [0.25, 0.3) is 11.0 Å². The topological polar surface area (TPSA) is 87.0 Å². The molecule has 2 fully saturated rings. The van der Waals surface area contributed by atoms with Crippen LogP contribution in [-0.2, 0) is 4.79 Å². The van der Waals surface area contributed by atoms with Gasteiger partial charge in [-0.3, -0.25) is 4.79 Å². The minimum atomic E-state index is 0.121. The molecule has 0 aromatic carbocycles. The van der Waals surface area contributed by atoms with Crippen molar-refractivity contribution < 1.29 is 4.79 Å². The Morgan fingerprint density at radius 2 is 2.32 bits per heavy atom. The fraction of sp³-hybridized carbons (Fsp3) is 0.556. The van der Waals surface area contributed by atoms with Gasteiger partial charge in [-0.2, -0.15) is 0 Å². The summed E-state index contributed by atoms with van der Waals surface area (Å²) in [4.78, 5) is 23.6. The number of anilines is 2. The zero-order valence-electron chi connectivity index (χ0n) is 14.5. The number of fused-ring (bicyclic) bond motifs is 1. The van der Waals surface area contributed by atoms with Crippen molar-refractivity contribution in [2.45, 2.75) is 43.5 Å². The molecule has 0 bridgehead atoms. The Bertz CT molecular complexity index is 785. The van der Waals surface area contributed by atoms with Gasteiger partial charge in [0.25, 0.3) is 0 Å². The van der Waals surface area contributed by atoms with E-state index in [2.05, 4.69) is 27.1 Å². The average Bonchev–Trinajstić information content (AvgIpc) is 3.38. The zero-order chi connectivity index (χ0) is 17.4. The highest BCUT2D eigenvalue weighted by atomic mass is 32.2. The third kappa shape index (κ3) is 3.35. The molecule has 25 heavy (non-hydrogen) atoms. The first-order valence-electron chi connectivity index (χ1n) is 9.11. The second kappa shape index (κ2) is 6.88. The normalized spacial score (nSPS) is 20.9. The third-order valence-electron chi connectivity index (χ3n) is 4.92. The van der Waals surface area contributed by atoms with Crippen LogP contribution < -0.4 is 16.0 Å². The quantitative estimate of drug-likeness (QED) is 0.715. The number of pyridine rings is 1. The monoisotopic (exact) mass is 359 g/mol. The smallest absolute Gasteiger partial charge is 0.227 e. The second-order valence-corrected chi connectivity index (χ2v) is 8.25. The summed E-state index contributed by atoms with van der Waals surface area (Å²) < 4.78 is 0. The fourth-order valence-electron chi connectivity index (χ4n) is 3.53. The maximum absolute atomic E-state index is 12.3. The van der Waals surface area contributed by atoms with Crippen LogP contribution in [0.15, 0.2) is 17.3 Å². The molecule has 2 aromatic heterocycles. The first-order chi connectivity index (χ1) is 12.2. The van der Waals surface area contributed by atoms with Crippen LogP contribution in [0.1, 0.15) is 32.6 Å². The molecule has 7 heteroatoms. The minimum Gasteiger partial charge on any atom is -0.368 e. The number of rotatable bonds is 5. The number of nitrogens with one attached hydrogen (secondary N) is 2. The van der Waals surface area contributed by atoms with Gasteiger partial charge in [0.1, 0.15) is 5.65 Å². The van der Waals surface area contributed by atoms with Gasteiger partial charge in [-0.1, -0.05) is 6.92 Å². The Morgan fingerprint density at radius 1 is 1.48 bits per heavy atom. The number of piperidine rings is 1. The molecule has 1 aliphatic carbocycles. The molecule has 4 rings (SSSR count). The SMILES string of the molecule is CCSc1cnc2[nH]cc(NC(=O)C3CC3)c2c1N1CCC[C@@H](N)C1. The number of aromatic amines is 1. The Morgan fingerprint density at radius 3 is 3.04 bits per heavy atom. The van der Waals surface area contributed by atoms with Gasteiger partial charge in [-0.15, -0.1) is 11.8 Å². The summed E-state index contributed by atoms with van der Waals surface area (Å²) in [6.45, 7) is 3.98. The van der Waals surface area contributed by atoms with Gasteiger partial charge < -0.3 is 20.9 Å². The van der Waals surface area contributed by atoms with E-state index in [4.69, 9.17) is 5.73 Å². The number of nitrogens with two attached hydrogens (primary N) is 1. The molecule has 6 nitrogen and oxygen atoms in total. The number of H-pyrrole nitrogens is 1. The van der Waals surface area contributed by atoms with E-state index in [0.29, 0.717) is 0 Å². The molecule has 0 radical (unpaired) electrons. The zero-order valence-corrected chi connectivity index (χ0v) is 15.4. The third-order valence-corrected chi connectivity index (χ3v) is 5.82. The van der Waals surface area contributed by atoms with E-state index in [0.717, 1.165) is 66.1 Å². The predicted molar refractivity (Wildman–Crippen MR) is 103 cm³/mol. The van der Waals surface area contributed by atoms with Crippen LogP contribution in [0.3, 0.4) is 0 Å². The molecule has 1 amide bonds. The molecule has 1 atom stereocenters. The van der Waals surface area contributed by atoms with E-state index in [-0.39, 0.29) is 17.9 Å². The molecular formula is C18H25N5OS. The van der Waals surface area contributed by atoms with E-state index < -0.39 is 0 Å². The molecule has 0 unspecified atom stereocenters. The highest BCUT2D eigenvalue weighted by Gasteiger charge is 2.31. The summed E-state index contributed by atoms with van der Waals surface area (Å²) in [6, 6.07) is 0.194. The largest absolute Gasteiger partial charge is 0.368 e. The van der Waals surface area contributed by atoms with Crippen molar-refractivity contribution in [3.63, 3.8) is 0 Å². The van der Waals surface area contributed by atoms with Crippen molar-refractivity contribution in [1.82, 2.24) is 9.97 Å². The van der Waals surface area contributed by atoms with Crippen molar-refractivity contribution in [3.8, 4) is 0 Å². The summed E-state index contributed by atoms with van der Waals surface area (Å²) in [6.07, 6.45) is 7.96. The number of hydrogen-bond acceptors (Lipinski definition) is 5. The molecule has 3 heterocycles. The van der Waals surface area contributed by atoms with Gasteiger partial charge in [-0.05, 0) is 31.4 Å². The first kappa shape index (κ1) is 16.7. The molecule has 4 N–H and O–H groups in total. The van der Waals surface area contributed by atoms with Crippen molar-refractivity contribution in [3.05, 3.63) is 12.4 Å². The summed E-state index contributed by atoms with van der Waals surface area (Å²) in [5.74, 6) is 1.28. The van der Waals surface area contributed by atoms with E-state index >= 15 is 0 Å². The van der Waals surface area contributed by atoms with Crippen molar-refractivity contribution in [1.29, 1.82) is 0 Å². The van der Waals surface area contributed by atoms with Crippen LogP contribution in [0.2, 0.25) is 0 Å². The van der Waals surface area contributed by atoms with Gasteiger partial charge in [-0.25, -0.2) is 4.98 Å². The average molecular weight is 359 g/mol. The van der Waals surface area contributed by atoms with Crippen LogP contribution in [0.5, 0.6) is 0 Å². The van der Waals surface area contributed by atoms with Gasteiger partial charge in [0.2, 0.25) is 5.91 Å². The minimum absolute atomic E-state index is 0.121. The predicted octanol–water partition coefficient (Wildman–Crippen LogP) is 2.95. The maximum atomic E-state index is 12.3. The molecule has 1 aliphatic heterocycles. The molecule has 2 aromatic rings. The lowest BCUT2D eigenvalue weighted by Crippen LogP contribution is -2.43. The lowest BCUT2D eigenvalue weighted by molar-refractivity contribution is -0.117. The van der Waals surface area contributed by atoms with Crippen molar-refractivity contribution in [2.75, 3.05) is 29.1 Å². The highest BCUT2D eigenvalue weighted by Crippen LogP contribution is 2.41. The van der Waals surface area contributed by atoms with Crippen LogP contribution in [-0.4, -0.2) is 40.8 Å². The van der Waals surface area contributed by atoms with E-state index in [1.54, 1.807) is 11.8 Å². The summed E-state index contributed by atoms with van der Waals surface area (Å²) in [7, 11) is 0. The highest BCUT2D eigenvalue weighted by molar-refractivity contribution is 7.99. The standard InChI is InChI=1S/C18H25N5OS/c1-2-25-14-9-21-17-15(16(14)23-7-3-4-12(19)10-23)13(8-20-17)22-18(24)11-5-6-11/h8-9,11-12H,2-7,10,19H2,1H3,(H,20,21)(H,22,24)/t12-/m1/s1. The number of hydrogen-bond donors (Lipinski definition) is 3. The molecule has 2 aliphatic rings. The summed E-state index contributed by atoms with van der Waals surface area (Å²) >= 11 is 1.79. The van der Waals surface area contributed by atoms with E-state index in [9.17, 15) is 4.79 Å². The Hall–Kier alpha value is -1.73. The number of thioether (sulfide) groups is 1. The number of aromatic nitrogens is 2. The Kier molecular flexibility index (Phi) is 4.60. The van der Waals surface area contributed by atoms with Gasteiger partial charge in [0, 0.05) is 42.3 Å². The number of carbonyl (C=O) groups is 1. The lowest BCUT2D eigenvalue weighted by Gasteiger charge is -2.34. The summed E-state index contributed by atoms with van der Waals surface area (Å²) in [5, 5.41) is 4.12. The van der Waals surface area contributed by atoms with E-state index in [1.165, 1.54) is 5.69 Å². The maximum Gasteiger partial charge on any atom is 0.227 e. The molecule has 0 spiro atoms. The summed E-state index contributed by atoms with van der Waals surface area (Å²) in [5.41, 5.74) is 9.06. The molecule has 1 saturated carbocycles. The Balaban J connectivity index is 1.78. The van der Waals surface area contributed by atoms with Gasteiger partial charge in [0.05, 0.1) is 16.8 Å².